The first-order valence-electron chi connectivity index (χ1n) is 6.61. The zero-order chi connectivity index (χ0) is 12.8. The maximum atomic E-state index is 5.97. The van der Waals surface area contributed by atoms with Crippen LogP contribution in [0.3, 0.4) is 0 Å². The van der Waals surface area contributed by atoms with Gasteiger partial charge in [-0.3, -0.25) is 0 Å². The van der Waals surface area contributed by atoms with Crippen LogP contribution in [-0.2, 0) is 0 Å². The number of benzene rings is 2. The number of hydrogen-bond acceptors (Lipinski definition) is 2. The standard InChI is InChI=1S/C17H15NO/c1-12-5-4-7-14-16-10-9-13-6-2-3-8-15(13)18(16)11-19-17(12)14/h2-10,16H,11H2,1H3. The first-order chi connectivity index (χ1) is 9.34. The van der Waals surface area contributed by atoms with Crippen molar-refractivity contribution in [1.82, 2.24) is 0 Å². The Hall–Kier alpha value is -2.22. The molecule has 0 aliphatic carbocycles. The first-order valence-corrected chi connectivity index (χ1v) is 6.61. The topological polar surface area (TPSA) is 12.5 Å². The van der Waals surface area contributed by atoms with Gasteiger partial charge in [-0.05, 0) is 24.1 Å². The van der Waals surface area contributed by atoms with Crippen molar-refractivity contribution in [1.29, 1.82) is 0 Å². The molecule has 0 bridgehead atoms. The molecular weight excluding hydrogens is 234 g/mol. The molecule has 2 aliphatic rings. The van der Waals surface area contributed by atoms with E-state index in [4.69, 9.17) is 4.74 Å². The lowest BCUT2D eigenvalue weighted by atomic mass is 9.95. The average molecular weight is 249 g/mol. The molecule has 19 heavy (non-hydrogen) atoms. The number of para-hydroxylation sites is 2. The van der Waals surface area contributed by atoms with Crippen LogP contribution in [0.1, 0.15) is 22.7 Å². The molecule has 1 atom stereocenters. The van der Waals surface area contributed by atoms with Gasteiger partial charge in [0.25, 0.3) is 0 Å². The van der Waals surface area contributed by atoms with Crippen molar-refractivity contribution in [3.8, 4) is 5.75 Å². The van der Waals surface area contributed by atoms with Crippen LogP contribution < -0.4 is 9.64 Å². The largest absolute Gasteiger partial charge is 0.472 e. The van der Waals surface area contributed by atoms with Gasteiger partial charge in [0.15, 0.2) is 6.73 Å². The molecule has 0 radical (unpaired) electrons. The highest BCUT2D eigenvalue weighted by Gasteiger charge is 2.30. The Bertz CT molecular complexity index is 675. The van der Waals surface area contributed by atoms with E-state index in [9.17, 15) is 0 Å². The fraction of sp³-hybridized carbons (Fsp3) is 0.176. The monoisotopic (exact) mass is 249 g/mol. The minimum atomic E-state index is 0.290. The summed E-state index contributed by atoms with van der Waals surface area (Å²) in [5, 5.41) is 0. The molecule has 0 aromatic heterocycles. The van der Waals surface area contributed by atoms with Crippen molar-refractivity contribution < 1.29 is 4.74 Å². The minimum absolute atomic E-state index is 0.290. The molecule has 1 unspecified atom stereocenters. The van der Waals surface area contributed by atoms with Crippen molar-refractivity contribution in [3.63, 3.8) is 0 Å². The second-order valence-corrected chi connectivity index (χ2v) is 5.10. The third-order valence-corrected chi connectivity index (χ3v) is 3.95. The van der Waals surface area contributed by atoms with Crippen molar-refractivity contribution in [3.05, 3.63) is 65.2 Å². The second-order valence-electron chi connectivity index (χ2n) is 5.10. The molecule has 2 heteroatoms. The molecule has 0 saturated heterocycles. The van der Waals surface area contributed by atoms with Gasteiger partial charge < -0.3 is 9.64 Å². The number of nitrogens with zero attached hydrogens (tertiary/aromatic N) is 1. The summed E-state index contributed by atoms with van der Waals surface area (Å²) in [7, 11) is 0. The molecular formula is C17H15NO. The van der Waals surface area contributed by atoms with E-state index >= 15 is 0 Å². The van der Waals surface area contributed by atoms with Gasteiger partial charge >= 0.3 is 0 Å². The van der Waals surface area contributed by atoms with E-state index in [0.717, 1.165) is 5.75 Å². The van der Waals surface area contributed by atoms with Gasteiger partial charge in [-0.25, -0.2) is 0 Å². The zero-order valence-corrected chi connectivity index (χ0v) is 10.8. The van der Waals surface area contributed by atoms with Crippen LogP contribution in [0.25, 0.3) is 6.08 Å². The predicted octanol–water partition coefficient (Wildman–Crippen LogP) is 3.92. The number of fused-ring (bicyclic) bond motifs is 5. The van der Waals surface area contributed by atoms with Crippen molar-refractivity contribution in [2.45, 2.75) is 13.0 Å². The van der Waals surface area contributed by atoms with Crippen LogP contribution in [0.5, 0.6) is 5.75 Å². The highest BCUT2D eigenvalue weighted by Crippen LogP contribution is 2.43. The van der Waals surface area contributed by atoms with Gasteiger partial charge in [0.1, 0.15) is 5.75 Å². The average Bonchev–Trinajstić information content (AvgIpc) is 2.47. The first kappa shape index (κ1) is 10.7. The Balaban J connectivity index is 1.88. The van der Waals surface area contributed by atoms with E-state index in [-0.39, 0.29) is 0 Å². The van der Waals surface area contributed by atoms with E-state index < -0.39 is 0 Å². The molecule has 2 nitrogen and oxygen atoms in total. The fourth-order valence-electron chi connectivity index (χ4n) is 3.00. The molecule has 4 rings (SSSR count). The van der Waals surface area contributed by atoms with Crippen molar-refractivity contribution >= 4 is 11.8 Å². The molecule has 0 spiro atoms. The molecule has 0 fully saturated rings. The maximum Gasteiger partial charge on any atom is 0.162 e. The van der Waals surface area contributed by atoms with Gasteiger partial charge in [0, 0.05) is 11.3 Å². The third kappa shape index (κ3) is 1.49. The van der Waals surface area contributed by atoms with E-state index in [1.54, 1.807) is 0 Å². The van der Waals surface area contributed by atoms with Crippen LogP contribution >= 0.6 is 0 Å². The summed E-state index contributed by atoms with van der Waals surface area (Å²) in [5.41, 5.74) is 4.99. The predicted molar refractivity (Wildman–Crippen MR) is 77.4 cm³/mol. The lowest BCUT2D eigenvalue weighted by molar-refractivity contribution is 0.277. The molecule has 0 N–H and O–H groups in total. The molecule has 0 saturated carbocycles. The normalized spacial score (nSPS) is 19.2. The summed E-state index contributed by atoms with van der Waals surface area (Å²) in [6.07, 6.45) is 4.48. The van der Waals surface area contributed by atoms with Crippen LogP contribution in [0.15, 0.2) is 48.5 Å². The Labute approximate surface area is 112 Å². The highest BCUT2D eigenvalue weighted by molar-refractivity contribution is 5.74. The van der Waals surface area contributed by atoms with Crippen LogP contribution in [0, 0.1) is 6.92 Å². The molecule has 94 valence electrons. The van der Waals surface area contributed by atoms with Crippen molar-refractivity contribution in [2.24, 2.45) is 0 Å². The van der Waals surface area contributed by atoms with Crippen LogP contribution in [0.4, 0.5) is 5.69 Å². The SMILES string of the molecule is Cc1cccc2c1OCN1c3ccccc3C=CC21. The fourth-order valence-corrected chi connectivity index (χ4v) is 3.00. The quantitative estimate of drug-likeness (QED) is 0.701. The number of anilines is 1. The summed E-state index contributed by atoms with van der Waals surface area (Å²) in [6.45, 7) is 2.72. The smallest absolute Gasteiger partial charge is 0.162 e. The van der Waals surface area contributed by atoms with Gasteiger partial charge in [0.2, 0.25) is 0 Å². The maximum absolute atomic E-state index is 5.97. The lowest BCUT2D eigenvalue weighted by Crippen LogP contribution is -2.37. The Kier molecular flexibility index (Phi) is 2.18. The second kappa shape index (κ2) is 3.89. The van der Waals surface area contributed by atoms with Gasteiger partial charge in [-0.2, -0.15) is 0 Å². The van der Waals surface area contributed by atoms with E-state index in [0.29, 0.717) is 12.8 Å². The molecule has 2 aromatic rings. The summed E-state index contributed by atoms with van der Waals surface area (Å²) in [5.74, 6) is 1.05. The van der Waals surface area contributed by atoms with Crippen LogP contribution in [-0.4, -0.2) is 6.73 Å². The minimum Gasteiger partial charge on any atom is -0.472 e. The Morgan fingerprint density at radius 2 is 2.00 bits per heavy atom. The van der Waals surface area contributed by atoms with Crippen LogP contribution in [0.2, 0.25) is 0 Å². The van der Waals surface area contributed by atoms with E-state index in [1.807, 2.05) is 0 Å². The molecule has 2 aromatic carbocycles. The summed E-state index contributed by atoms with van der Waals surface area (Å²) in [4.78, 5) is 2.32. The molecule has 2 heterocycles. The van der Waals surface area contributed by atoms with E-state index in [1.165, 1.54) is 22.4 Å². The third-order valence-electron chi connectivity index (χ3n) is 3.95. The molecule has 2 aliphatic heterocycles. The zero-order valence-electron chi connectivity index (χ0n) is 10.8. The lowest BCUT2D eigenvalue weighted by Gasteiger charge is -2.40. The van der Waals surface area contributed by atoms with Gasteiger partial charge in [-0.15, -0.1) is 0 Å². The van der Waals surface area contributed by atoms with Gasteiger partial charge in [0.05, 0.1) is 6.04 Å². The van der Waals surface area contributed by atoms with Crippen molar-refractivity contribution in [2.75, 3.05) is 11.6 Å². The highest BCUT2D eigenvalue weighted by atomic mass is 16.5. The summed E-state index contributed by atoms with van der Waals surface area (Å²) < 4.78 is 5.97. The number of ether oxygens (including phenoxy) is 1. The summed E-state index contributed by atoms with van der Waals surface area (Å²) >= 11 is 0. The number of hydrogen-bond donors (Lipinski definition) is 0. The Morgan fingerprint density at radius 3 is 2.95 bits per heavy atom. The number of rotatable bonds is 0. The van der Waals surface area contributed by atoms with E-state index in [2.05, 4.69) is 66.4 Å². The summed E-state index contributed by atoms with van der Waals surface area (Å²) in [6, 6.07) is 15.1. The molecule has 0 amide bonds. The number of aryl methyl sites for hydroxylation is 1. The van der Waals surface area contributed by atoms with Gasteiger partial charge in [-0.1, -0.05) is 48.6 Å². The Morgan fingerprint density at radius 1 is 1.11 bits per heavy atom.